The van der Waals surface area contributed by atoms with Crippen LogP contribution < -0.4 is 4.90 Å². The number of hydrogen-bond donors (Lipinski definition) is 0. The molecule has 3 atom stereocenters. The van der Waals surface area contributed by atoms with Gasteiger partial charge in [-0.2, -0.15) is 0 Å². The first-order valence-corrected chi connectivity index (χ1v) is 6.93. The maximum absolute atomic E-state index is 5.86. The Balaban J connectivity index is 1.63. The third-order valence-electron chi connectivity index (χ3n) is 4.50. The van der Waals surface area contributed by atoms with E-state index in [-0.39, 0.29) is 0 Å². The van der Waals surface area contributed by atoms with Crippen LogP contribution in [0.3, 0.4) is 0 Å². The zero-order valence-electron chi connectivity index (χ0n) is 10.3. The normalized spacial score (nSPS) is 30.8. The largest absolute Gasteiger partial charge is 0.359 e. The third kappa shape index (κ3) is 2.28. The van der Waals surface area contributed by atoms with Crippen LogP contribution in [-0.2, 0) is 0 Å². The van der Waals surface area contributed by atoms with Gasteiger partial charge in [-0.15, -0.1) is 0 Å². The highest BCUT2D eigenvalue weighted by atomic mass is 35.5. The van der Waals surface area contributed by atoms with Crippen LogP contribution in [0.1, 0.15) is 25.7 Å². The Kier molecular flexibility index (Phi) is 2.99. The van der Waals surface area contributed by atoms with Gasteiger partial charge in [0, 0.05) is 19.8 Å². The van der Waals surface area contributed by atoms with Crippen LogP contribution in [0.2, 0.25) is 5.02 Å². The molecule has 92 valence electrons. The van der Waals surface area contributed by atoms with E-state index in [4.69, 9.17) is 11.6 Å². The molecule has 0 amide bonds. The van der Waals surface area contributed by atoms with E-state index in [1.165, 1.54) is 25.7 Å². The number of halogens is 1. The molecule has 3 rings (SSSR count). The lowest BCUT2D eigenvalue weighted by molar-refractivity contribution is 0.337. The van der Waals surface area contributed by atoms with Gasteiger partial charge in [-0.25, -0.2) is 4.98 Å². The van der Waals surface area contributed by atoms with Gasteiger partial charge in [-0.1, -0.05) is 18.0 Å². The second-order valence-electron chi connectivity index (χ2n) is 5.65. The van der Waals surface area contributed by atoms with E-state index in [1.54, 1.807) is 6.20 Å². The number of aromatic nitrogens is 1. The summed E-state index contributed by atoms with van der Waals surface area (Å²) in [4.78, 5) is 6.66. The molecule has 3 heteroatoms. The molecular formula is C14H19ClN2. The summed E-state index contributed by atoms with van der Waals surface area (Å²) in [6.07, 6.45) is 7.57. The maximum Gasteiger partial charge on any atom is 0.128 e. The van der Waals surface area contributed by atoms with Crippen LogP contribution in [0.4, 0.5) is 5.82 Å². The second kappa shape index (κ2) is 4.49. The Hall–Kier alpha value is -0.760. The number of anilines is 1. The maximum atomic E-state index is 5.86. The van der Waals surface area contributed by atoms with Crippen molar-refractivity contribution in [2.75, 3.05) is 18.5 Å². The fraction of sp³-hybridized carbons (Fsp3) is 0.643. The fourth-order valence-corrected chi connectivity index (χ4v) is 3.75. The van der Waals surface area contributed by atoms with Crippen LogP contribution in [0.5, 0.6) is 0 Å². The molecule has 17 heavy (non-hydrogen) atoms. The first kappa shape index (κ1) is 11.3. The van der Waals surface area contributed by atoms with E-state index >= 15 is 0 Å². The van der Waals surface area contributed by atoms with Crippen molar-refractivity contribution in [3.63, 3.8) is 0 Å². The van der Waals surface area contributed by atoms with Gasteiger partial charge in [0.25, 0.3) is 0 Å². The molecule has 3 unspecified atom stereocenters. The second-order valence-corrected chi connectivity index (χ2v) is 6.09. The van der Waals surface area contributed by atoms with Crippen LogP contribution in [-0.4, -0.2) is 18.6 Å². The summed E-state index contributed by atoms with van der Waals surface area (Å²) < 4.78 is 0. The van der Waals surface area contributed by atoms with Crippen molar-refractivity contribution < 1.29 is 0 Å². The first-order chi connectivity index (χ1) is 8.22. The Labute approximate surface area is 108 Å². The summed E-state index contributed by atoms with van der Waals surface area (Å²) in [5, 5.41) is 0.710. The van der Waals surface area contributed by atoms with Gasteiger partial charge in [-0.3, -0.25) is 0 Å². The van der Waals surface area contributed by atoms with E-state index in [9.17, 15) is 0 Å². The molecule has 0 N–H and O–H groups in total. The van der Waals surface area contributed by atoms with Crippen molar-refractivity contribution in [2.24, 2.45) is 17.8 Å². The molecule has 2 bridgehead atoms. The number of nitrogens with zero attached hydrogens (tertiary/aromatic N) is 2. The molecule has 2 saturated carbocycles. The predicted molar refractivity (Wildman–Crippen MR) is 71.5 cm³/mol. The number of pyridine rings is 1. The Morgan fingerprint density at radius 1 is 1.35 bits per heavy atom. The van der Waals surface area contributed by atoms with Crippen molar-refractivity contribution in [3.05, 3.63) is 23.4 Å². The Bertz CT molecular complexity index is 390. The molecule has 1 aromatic rings. The highest BCUT2D eigenvalue weighted by Gasteiger charge is 2.39. The van der Waals surface area contributed by atoms with Crippen molar-refractivity contribution in [3.8, 4) is 0 Å². The predicted octanol–water partition coefficient (Wildman–Crippen LogP) is 3.61. The van der Waals surface area contributed by atoms with E-state index in [1.807, 2.05) is 12.1 Å². The minimum Gasteiger partial charge on any atom is -0.359 e. The van der Waals surface area contributed by atoms with Gasteiger partial charge in [0.05, 0.1) is 5.02 Å². The van der Waals surface area contributed by atoms with Gasteiger partial charge < -0.3 is 4.90 Å². The van der Waals surface area contributed by atoms with E-state index in [2.05, 4.69) is 16.9 Å². The van der Waals surface area contributed by atoms with Gasteiger partial charge in [0.2, 0.25) is 0 Å². The highest BCUT2D eigenvalue weighted by molar-refractivity contribution is 6.30. The minimum absolute atomic E-state index is 0.710. The quantitative estimate of drug-likeness (QED) is 0.815. The fourth-order valence-electron chi connectivity index (χ4n) is 3.64. The highest BCUT2D eigenvalue weighted by Crippen LogP contribution is 2.48. The summed E-state index contributed by atoms with van der Waals surface area (Å²) in [5.41, 5.74) is 0. The van der Waals surface area contributed by atoms with Gasteiger partial charge in [-0.05, 0) is 49.1 Å². The molecule has 1 heterocycles. The molecule has 0 aromatic carbocycles. The Morgan fingerprint density at radius 3 is 2.82 bits per heavy atom. The minimum atomic E-state index is 0.710. The van der Waals surface area contributed by atoms with E-state index < -0.39 is 0 Å². The molecule has 2 fully saturated rings. The molecule has 2 nitrogen and oxygen atoms in total. The van der Waals surface area contributed by atoms with Gasteiger partial charge in [0.15, 0.2) is 0 Å². The zero-order valence-corrected chi connectivity index (χ0v) is 11.0. The summed E-state index contributed by atoms with van der Waals surface area (Å²) in [6, 6.07) is 3.93. The average molecular weight is 251 g/mol. The summed E-state index contributed by atoms with van der Waals surface area (Å²) >= 11 is 5.86. The topological polar surface area (TPSA) is 16.1 Å². The molecule has 0 saturated heterocycles. The lowest BCUT2D eigenvalue weighted by Gasteiger charge is -2.27. The third-order valence-corrected chi connectivity index (χ3v) is 4.72. The lowest BCUT2D eigenvalue weighted by Crippen LogP contribution is -2.29. The molecule has 2 aliphatic carbocycles. The van der Waals surface area contributed by atoms with Crippen molar-refractivity contribution >= 4 is 17.4 Å². The molecular weight excluding hydrogens is 232 g/mol. The Morgan fingerprint density at radius 2 is 2.24 bits per heavy atom. The molecule has 0 aliphatic heterocycles. The van der Waals surface area contributed by atoms with Crippen LogP contribution in [0.15, 0.2) is 18.3 Å². The first-order valence-electron chi connectivity index (χ1n) is 6.55. The van der Waals surface area contributed by atoms with Crippen molar-refractivity contribution in [2.45, 2.75) is 25.7 Å². The van der Waals surface area contributed by atoms with Gasteiger partial charge >= 0.3 is 0 Å². The molecule has 0 spiro atoms. The lowest BCUT2D eigenvalue weighted by atomic mass is 9.88. The molecule has 0 radical (unpaired) electrons. The number of fused-ring (bicyclic) bond motifs is 2. The van der Waals surface area contributed by atoms with Gasteiger partial charge in [0.1, 0.15) is 5.82 Å². The SMILES string of the molecule is CN(CC1CC2CCC1C2)c1ccc(Cl)cn1. The number of rotatable bonds is 3. The average Bonchev–Trinajstić information content (AvgIpc) is 2.91. The number of hydrogen-bond acceptors (Lipinski definition) is 2. The van der Waals surface area contributed by atoms with Crippen LogP contribution >= 0.6 is 11.6 Å². The summed E-state index contributed by atoms with van der Waals surface area (Å²) in [5.74, 6) is 3.93. The summed E-state index contributed by atoms with van der Waals surface area (Å²) in [6.45, 7) is 1.15. The zero-order chi connectivity index (χ0) is 11.8. The molecule has 1 aromatic heterocycles. The summed E-state index contributed by atoms with van der Waals surface area (Å²) in [7, 11) is 2.14. The van der Waals surface area contributed by atoms with Crippen LogP contribution in [0.25, 0.3) is 0 Å². The monoisotopic (exact) mass is 250 g/mol. The van der Waals surface area contributed by atoms with E-state index in [0.717, 1.165) is 30.1 Å². The van der Waals surface area contributed by atoms with E-state index in [0.29, 0.717) is 5.02 Å². The van der Waals surface area contributed by atoms with Crippen LogP contribution in [0, 0.1) is 17.8 Å². The molecule has 2 aliphatic rings. The van der Waals surface area contributed by atoms with Crippen molar-refractivity contribution in [1.82, 2.24) is 4.98 Å². The standard InChI is InChI=1S/C14H19ClN2/c1-17(14-5-4-13(15)8-16-14)9-12-7-10-2-3-11(12)6-10/h4-5,8,10-12H,2-3,6-7,9H2,1H3. The smallest absolute Gasteiger partial charge is 0.128 e. The van der Waals surface area contributed by atoms with Crippen molar-refractivity contribution in [1.29, 1.82) is 0 Å².